The second-order valence-corrected chi connectivity index (χ2v) is 5.35. The molecule has 4 heteroatoms. The van der Waals surface area contributed by atoms with Gasteiger partial charge in [0.05, 0.1) is 3.57 Å². The number of ether oxygens (including phenoxy) is 1. The molecule has 0 aliphatic heterocycles. The van der Waals surface area contributed by atoms with E-state index in [4.69, 9.17) is 4.74 Å². The molecule has 0 fully saturated rings. The lowest BCUT2D eigenvalue weighted by molar-refractivity contribution is 0.455. The van der Waals surface area contributed by atoms with E-state index < -0.39 is 0 Å². The normalized spacial score (nSPS) is 10.3. The van der Waals surface area contributed by atoms with Crippen molar-refractivity contribution in [2.24, 2.45) is 0 Å². The molecular weight excluding hydrogens is 393 g/mol. The van der Waals surface area contributed by atoms with Crippen molar-refractivity contribution < 1.29 is 4.74 Å². The number of aromatic nitrogens is 1. The van der Waals surface area contributed by atoms with E-state index in [-0.39, 0.29) is 0 Å². The zero-order valence-corrected chi connectivity index (χ0v) is 13.0. The molecular formula is C13H11BrINO. The molecule has 2 nitrogen and oxygen atoms in total. The van der Waals surface area contributed by atoms with E-state index in [2.05, 4.69) is 49.6 Å². The molecule has 2 rings (SSSR count). The maximum atomic E-state index is 5.81. The van der Waals surface area contributed by atoms with Crippen molar-refractivity contribution in [3.8, 4) is 11.6 Å². The first-order valence-electron chi connectivity index (χ1n) is 5.14. The first-order valence-corrected chi connectivity index (χ1v) is 7.34. The molecule has 0 atom stereocenters. The van der Waals surface area contributed by atoms with Crippen molar-refractivity contribution in [1.29, 1.82) is 0 Å². The van der Waals surface area contributed by atoms with Crippen molar-refractivity contribution >= 4 is 38.5 Å². The number of alkyl halides is 1. The second kappa shape index (κ2) is 5.82. The Morgan fingerprint density at radius 2 is 2.12 bits per heavy atom. The summed E-state index contributed by atoms with van der Waals surface area (Å²) in [4.78, 5) is 4.33. The number of nitrogens with zero attached hydrogens (tertiary/aromatic N) is 1. The summed E-state index contributed by atoms with van der Waals surface area (Å²) in [5.74, 6) is 1.51. The largest absolute Gasteiger partial charge is 0.438 e. The average Bonchev–Trinajstić information content (AvgIpc) is 2.34. The molecule has 0 N–H and O–H groups in total. The van der Waals surface area contributed by atoms with Crippen LogP contribution in [0.1, 0.15) is 11.1 Å². The Bertz CT molecular complexity index is 531. The van der Waals surface area contributed by atoms with E-state index in [1.165, 1.54) is 0 Å². The first-order chi connectivity index (χ1) is 8.20. The summed E-state index contributed by atoms with van der Waals surface area (Å²) in [5.41, 5.74) is 2.19. The van der Waals surface area contributed by atoms with Gasteiger partial charge < -0.3 is 4.74 Å². The van der Waals surface area contributed by atoms with Crippen molar-refractivity contribution in [3.63, 3.8) is 0 Å². The van der Waals surface area contributed by atoms with Crippen LogP contribution < -0.4 is 4.74 Å². The van der Waals surface area contributed by atoms with E-state index in [0.29, 0.717) is 5.88 Å². The third-order valence-electron chi connectivity index (χ3n) is 2.28. The van der Waals surface area contributed by atoms with Gasteiger partial charge in [-0.05, 0) is 53.3 Å². The fraction of sp³-hybridized carbons (Fsp3) is 0.154. The third kappa shape index (κ3) is 3.19. The van der Waals surface area contributed by atoms with Gasteiger partial charge in [-0.25, -0.2) is 4.98 Å². The van der Waals surface area contributed by atoms with Gasteiger partial charge in [0.2, 0.25) is 5.88 Å². The predicted octanol–water partition coefficient (Wildman–Crippen LogP) is 4.68. The maximum absolute atomic E-state index is 5.81. The summed E-state index contributed by atoms with van der Waals surface area (Å²) in [6.07, 6.45) is 1.83. The Balaban J connectivity index is 2.28. The summed E-state index contributed by atoms with van der Waals surface area (Å²) >= 11 is 5.67. The van der Waals surface area contributed by atoms with Gasteiger partial charge in [0, 0.05) is 17.1 Å². The molecule has 0 saturated heterocycles. The molecule has 0 aliphatic rings. The predicted molar refractivity (Wildman–Crippen MR) is 80.8 cm³/mol. The molecule has 0 bridgehead atoms. The van der Waals surface area contributed by atoms with Crippen LogP contribution in [0, 0.1) is 10.5 Å². The number of benzene rings is 1. The van der Waals surface area contributed by atoms with Gasteiger partial charge in [-0.15, -0.1) is 0 Å². The number of aryl methyl sites for hydroxylation is 1. The number of rotatable bonds is 3. The van der Waals surface area contributed by atoms with Crippen molar-refractivity contribution in [2.45, 2.75) is 12.3 Å². The molecule has 88 valence electrons. The lowest BCUT2D eigenvalue weighted by atomic mass is 10.2. The number of halogens is 2. The third-order valence-corrected chi connectivity index (χ3v) is 3.82. The van der Waals surface area contributed by atoms with Gasteiger partial charge in [-0.3, -0.25) is 0 Å². The molecule has 0 radical (unpaired) electrons. The van der Waals surface area contributed by atoms with Crippen molar-refractivity contribution in [1.82, 2.24) is 4.98 Å². The number of hydrogen-bond donors (Lipinski definition) is 0. The molecule has 1 heterocycles. The van der Waals surface area contributed by atoms with Crippen LogP contribution in [0.25, 0.3) is 0 Å². The highest BCUT2D eigenvalue weighted by atomic mass is 127. The number of pyridine rings is 1. The minimum Gasteiger partial charge on any atom is -0.438 e. The van der Waals surface area contributed by atoms with Crippen LogP contribution in [0.4, 0.5) is 0 Å². The lowest BCUT2D eigenvalue weighted by Gasteiger charge is -2.09. The van der Waals surface area contributed by atoms with Crippen molar-refractivity contribution in [2.75, 3.05) is 0 Å². The summed E-state index contributed by atoms with van der Waals surface area (Å²) in [6, 6.07) is 9.98. The van der Waals surface area contributed by atoms with Crippen LogP contribution in [-0.4, -0.2) is 4.98 Å². The highest BCUT2D eigenvalue weighted by Crippen LogP contribution is 2.27. The van der Waals surface area contributed by atoms with Gasteiger partial charge in [-0.2, -0.15) is 0 Å². The molecule has 1 aromatic carbocycles. The lowest BCUT2D eigenvalue weighted by Crippen LogP contribution is -1.94. The molecule has 1 aromatic heterocycles. The van der Waals surface area contributed by atoms with E-state index in [0.717, 1.165) is 25.8 Å². The smallest absolute Gasteiger partial charge is 0.222 e. The maximum Gasteiger partial charge on any atom is 0.222 e. The summed E-state index contributed by atoms with van der Waals surface area (Å²) in [5, 5.41) is 0.810. The fourth-order valence-electron chi connectivity index (χ4n) is 1.43. The van der Waals surface area contributed by atoms with Crippen LogP contribution in [0.15, 0.2) is 36.5 Å². The van der Waals surface area contributed by atoms with E-state index in [1.54, 1.807) is 0 Å². The first kappa shape index (κ1) is 12.8. The minimum absolute atomic E-state index is 0.666. The van der Waals surface area contributed by atoms with Gasteiger partial charge in [0.25, 0.3) is 0 Å². The van der Waals surface area contributed by atoms with Crippen LogP contribution in [0.5, 0.6) is 11.6 Å². The average molecular weight is 404 g/mol. The zero-order chi connectivity index (χ0) is 12.3. The fourth-order valence-corrected chi connectivity index (χ4v) is 2.24. The molecule has 0 unspecified atom stereocenters. The van der Waals surface area contributed by atoms with Crippen LogP contribution in [-0.2, 0) is 5.33 Å². The van der Waals surface area contributed by atoms with E-state index >= 15 is 0 Å². The summed E-state index contributed by atoms with van der Waals surface area (Å²) < 4.78 is 6.88. The molecule has 2 aromatic rings. The molecule has 0 aliphatic carbocycles. The van der Waals surface area contributed by atoms with Gasteiger partial charge >= 0.3 is 0 Å². The zero-order valence-electron chi connectivity index (χ0n) is 9.28. The van der Waals surface area contributed by atoms with E-state index in [9.17, 15) is 0 Å². The number of hydrogen-bond acceptors (Lipinski definition) is 2. The van der Waals surface area contributed by atoms with Crippen LogP contribution >= 0.6 is 38.5 Å². The Labute approximate surface area is 123 Å². The van der Waals surface area contributed by atoms with Crippen molar-refractivity contribution in [3.05, 3.63) is 51.2 Å². The Morgan fingerprint density at radius 3 is 2.76 bits per heavy atom. The second-order valence-electron chi connectivity index (χ2n) is 3.63. The topological polar surface area (TPSA) is 22.1 Å². The van der Waals surface area contributed by atoms with E-state index in [1.807, 2.05) is 37.4 Å². The Morgan fingerprint density at radius 1 is 1.35 bits per heavy atom. The monoisotopic (exact) mass is 403 g/mol. The van der Waals surface area contributed by atoms with Gasteiger partial charge in [-0.1, -0.05) is 28.1 Å². The molecule has 17 heavy (non-hydrogen) atoms. The molecule has 0 spiro atoms. The number of para-hydroxylation sites is 1. The Kier molecular flexibility index (Phi) is 4.39. The standard InChI is InChI=1S/C13H11BrINO/c1-9-6-10(7-14)8-16-13(9)17-12-5-3-2-4-11(12)15/h2-6,8H,7H2,1H3. The summed E-state index contributed by atoms with van der Waals surface area (Å²) in [7, 11) is 0. The van der Waals surface area contributed by atoms with Gasteiger partial charge in [0.1, 0.15) is 5.75 Å². The Hall–Kier alpha value is -0.620. The van der Waals surface area contributed by atoms with Crippen LogP contribution in [0.3, 0.4) is 0 Å². The molecule has 0 saturated carbocycles. The highest BCUT2D eigenvalue weighted by Gasteiger charge is 2.06. The molecule has 0 amide bonds. The SMILES string of the molecule is Cc1cc(CBr)cnc1Oc1ccccc1I. The highest BCUT2D eigenvalue weighted by molar-refractivity contribution is 14.1. The quantitative estimate of drug-likeness (QED) is 0.548. The van der Waals surface area contributed by atoms with Crippen LogP contribution in [0.2, 0.25) is 0 Å². The van der Waals surface area contributed by atoms with Gasteiger partial charge in [0.15, 0.2) is 0 Å². The minimum atomic E-state index is 0.666. The summed E-state index contributed by atoms with van der Waals surface area (Å²) in [6.45, 7) is 2.00.